The summed E-state index contributed by atoms with van der Waals surface area (Å²) in [5, 5.41) is 0.613. The lowest BCUT2D eigenvalue weighted by molar-refractivity contribution is 0.107. The quantitative estimate of drug-likeness (QED) is 0.765. The van der Waals surface area contributed by atoms with Crippen LogP contribution in [0.25, 0.3) is 0 Å². The molecule has 0 heterocycles. The Labute approximate surface area is 130 Å². The summed E-state index contributed by atoms with van der Waals surface area (Å²) in [7, 11) is 0. The second-order valence-corrected chi connectivity index (χ2v) is 10.2. The third-order valence-electron chi connectivity index (χ3n) is 3.51. The summed E-state index contributed by atoms with van der Waals surface area (Å²) < 4.78 is 13.3. The van der Waals surface area contributed by atoms with Crippen molar-refractivity contribution in [1.29, 1.82) is 0 Å². The van der Waals surface area contributed by atoms with Crippen LogP contribution in [0.3, 0.4) is 0 Å². The fraction of sp³-hybridized carbons (Fsp3) is 0.235. The highest BCUT2D eigenvalue weighted by atomic mass is 32.7. The minimum absolute atomic E-state index is 0.254. The molecule has 0 N–H and O–H groups in total. The van der Waals surface area contributed by atoms with Crippen LogP contribution in [0.2, 0.25) is 0 Å². The van der Waals surface area contributed by atoms with Gasteiger partial charge in [-0.15, -0.1) is 0 Å². The molecule has 0 spiro atoms. The van der Waals surface area contributed by atoms with Gasteiger partial charge >= 0.3 is 0 Å². The highest BCUT2D eigenvalue weighted by molar-refractivity contribution is 8.64. The normalized spacial score (nSPS) is 13.7. The van der Waals surface area contributed by atoms with Crippen molar-refractivity contribution in [1.82, 2.24) is 0 Å². The van der Waals surface area contributed by atoms with E-state index in [4.69, 9.17) is 0 Å². The van der Waals surface area contributed by atoms with Gasteiger partial charge in [-0.25, -0.2) is 0 Å². The standard InChI is InChI=1S/C17H19O2PS/c1-12-10-13(2)16(14(3)11-12)17(18)20(19,21-4)15-8-6-5-7-9-15/h5-11H,1-4H3. The molecular weight excluding hydrogens is 299 g/mol. The third kappa shape index (κ3) is 3.00. The van der Waals surface area contributed by atoms with Crippen molar-refractivity contribution in [3.05, 3.63) is 64.7 Å². The summed E-state index contributed by atoms with van der Waals surface area (Å²) in [6, 6.07) is 13.0. The van der Waals surface area contributed by atoms with E-state index in [1.54, 1.807) is 18.4 Å². The molecule has 4 heteroatoms. The number of carbonyl (C=O) groups is 1. The molecule has 0 amide bonds. The van der Waals surface area contributed by atoms with Crippen LogP contribution < -0.4 is 5.30 Å². The fourth-order valence-corrected chi connectivity index (χ4v) is 6.19. The molecule has 0 aromatic heterocycles. The lowest BCUT2D eigenvalue weighted by atomic mass is 10.0. The van der Waals surface area contributed by atoms with E-state index in [1.165, 1.54) is 0 Å². The summed E-state index contributed by atoms with van der Waals surface area (Å²) >= 11 is 1.16. The second kappa shape index (κ2) is 6.21. The molecule has 1 unspecified atom stereocenters. The van der Waals surface area contributed by atoms with Crippen molar-refractivity contribution in [2.24, 2.45) is 0 Å². The van der Waals surface area contributed by atoms with Gasteiger partial charge in [0.1, 0.15) is 0 Å². The van der Waals surface area contributed by atoms with Crippen LogP contribution in [0.5, 0.6) is 0 Å². The number of hydrogen-bond donors (Lipinski definition) is 0. The van der Waals surface area contributed by atoms with Gasteiger partial charge < -0.3 is 0 Å². The monoisotopic (exact) mass is 318 g/mol. The number of aryl methyl sites for hydroxylation is 3. The molecule has 21 heavy (non-hydrogen) atoms. The van der Waals surface area contributed by atoms with E-state index in [2.05, 4.69) is 0 Å². The maximum absolute atomic E-state index is 13.3. The summed E-state index contributed by atoms with van der Waals surface area (Å²) in [4.78, 5) is 13.0. The molecule has 0 aliphatic carbocycles. The predicted molar refractivity (Wildman–Crippen MR) is 92.2 cm³/mol. The Kier molecular flexibility index (Phi) is 4.75. The average Bonchev–Trinajstić information content (AvgIpc) is 2.46. The van der Waals surface area contributed by atoms with Gasteiger partial charge in [0.05, 0.1) is 0 Å². The minimum Gasteiger partial charge on any atom is -0.299 e. The maximum Gasteiger partial charge on any atom is 0.236 e. The highest BCUT2D eigenvalue weighted by Gasteiger charge is 2.35. The van der Waals surface area contributed by atoms with Crippen LogP contribution in [0, 0.1) is 20.8 Å². The molecule has 2 nitrogen and oxygen atoms in total. The van der Waals surface area contributed by atoms with Crippen LogP contribution in [0.4, 0.5) is 0 Å². The third-order valence-corrected chi connectivity index (χ3v) is 8.43. The molecule has 0 aliphatic heterocycles. The zero-order valence-corrected chi connectivity index (χ0v) is 14.4. The van der Waals surface area contributed by atoms with E-state index in [1.807, 2.05) is 51.1 Å². The first kappa shape index (κ1) is 16.1. The molecule has 110 valence electrons. The molecule has 0 aliphatic rings. The SMILES string of the molecule is CSP(=O)(C(=O)c1c(C)cc(C)cc1C)c1ccccc1. The van der Waals surface area contributed by atoms with Gasteiger partial charge in [0.2, 0.25) is 11.9 Å². The van der Waals surface area contributed by atoms with Crippen LogP contribution >= 0.6 is 17.7 Å². The number of carbonyl (C=O) groups excluding carboxylic acids is 1. The maximum atomic E-state index is 13.3. The van der Waals surface area contributed by atoms with Gasteiger partial charge in [-0.05, 0) is 38.2 Å². The summed E-state index contributed by atoms with van der Waals surface area (Å²) in [5.41, 5.74) is 3.24. The Balaban J connectivity index is 2.60. The van der Waals surface area contributed by atoms with Gasteiger partial charge in [-0.1, -0.05) is 59.4 Å². The van der Waals surface area contributed by atoms with E-state index in [9.17, 15) is 9.36 Å². The molecule has 2 rings (SSSR count). The Morgan fingerprint density at radius 2 is 1.52 bits per heavy atom. The first-order valence-electron chi connectivity index (χ1n) is 6.74. The van der Waals surface area contributed by atoms with E-state index in [0.717, 1.165) is 28.1 Å². The van der Waals surface area contributed by atoms with E-state index < -0.39 is 6.34 Å². The van der Waals surface area contributed by atoms with E-state index >= 15 is 0 Å². The number of hydrogen-bond acceptors (Lipinski definition) is 3. The average molecular weight is 318 g/mol. The molecule has 0 fully saturated rings. The Morgan fingerprint density at radius 1 is 1.00 bits per heavy atom. The van der Waals surface area contributed by atoms with Gasteiger partial charge in [0.15, 0.2) is 0 Å². The van der Waals surface area contributed by atoms with Gasteiger partial charge in [-0.2, -0.15) is 0 Å². The summed E-state index contributed by atoms with van der Waals surface area (Å²) in [5.74, 6) is 0. The summed E-state index contributed by atoms with van der Waals surface area (Å²) in [6.07, 6.45) is -1.42. The number of rotatable bonds is 4. The van der Waals surface area contributed by atoms with Gasteiger partial charge in [0, 0.05) is 10.9 Å². The van der Waals surface area contributed by atoms with Crippen LogP contribution in [-0.4, -0.2) is 11.8 Å². The van der Waals surface area contributed by atoms with Crippen LogP contribution in [0.1, 0.15) is 27.0 Å². The van der Waals surface area contributed by atoms with Crippen molar-refractivity contribution >= 4 is 28.6 Å². The zero-order chi connectivity index (χ0) is 15.6. The number of benzene rings is 2. The Morgan fingerprint density at radius 3 is 2.00 bits per heavy atom. The molecular formula is C17H19O2PS. The van der Waals surface area contributed by atoms with Gasteiger partial charge in [0.25, 0.3) is 0 Å². The zero-order valence-electron chi connectivity index (χ0n) is 12.7. The van der Waals surface area contributed by atoms with Crippen molar-refractivity contribution in [2.45, 2.75) is 20.8 Å². The van der Waals surface area contributed by atoms with E-state index in [0.29, 0.717) is 10.9 Å². The first-order chi connectivity index (χ1) is 9.90. The van der Waals surface area contributed by atoms with Crippen molar-refractivity contribution in [2.75, 3.05) is 6.26 Å². The van der Waals surface area contributed by atoms with Gasteiger partial charge in [-0.3, -0.25) is 9.36 Å². The highest BCUT2D eigenvalue weighted by Crippen LogP contribution is 2.58. The fourth-order valence-electron chi connectivity index (χ4n) is 2.59. The topological polar surface area (TPSA) is 34.1 Å². The second-order valence-electron chi connectivity index (χ2n) is 5.15. The predicted octanol–water partition coefficient (Wildman–Crippen LogP) is 4.72. The lowest BCUT2D eigenvalue weighted by Crippen LogP contribution is -2.13. The molecule has 0 radical (unpaired) electrons. The molecule has 2 aromatic rings. The molecule has 0 saturated carbocycles. The van der Waals surface area contributed by atoms with Crippen LogP contribution in [0.15, 0.2) is 42.5 Å². The lowest BCUT2D eigenvalue weighted by Gasteiger charge is -2.18. The molecule has 1 atom stereocenters. The van der Waals surface area contributed by atoms with Crippen molar-refractivity contribution < 1.29 is 9.36 Å². The van der Waals surface area contributed by atoms with Crippen LogP contribution in [-0.2, 0) is 4.57 Å². The smallest absolute Gasteiger partial charge is 0.236 e. The van der Waals surface area contributed by atoms with E-state index in [-0.39, 0.29) is 5.52 Å². The molecule has 0 bridgehead atoms. The largest absolute Gasteiger partial charge is 0.299 e. The van der Waals surface area contributed by atoms with Crippen molar-refractivity contribution in [3.8, 4) is 0 Å². The molecule has 2 aromatic carbocycles. The minimum atomic E-state index is -3.16. The molecule has 0 saturated heterocycles. The van der Waals surface area contributed by atoms with Crippen molar-refractivity contribution in [3.63, 3.8) is 0 Å². The summed E-state index contributed by atoms with van der Waals surface area (Å²) in [6.45, 7) is 5.81. The Hall–Kier alpha value is -1.31. The Bertz CT molecular complexity index is 700. The first-order valence-corrected chi connectivity index (χ1v) is 10.3.